The highest BCUT2D eigenvalue weighted by Gasteiger charge is 2.35. The molecule has 4 rings (SSSR count). The molecule has 1 unspecified atom stereocenters. The monoisotopic (exact) mass is 364 g/mol. The van der Waals surface area contributed by atoms with Gasteiger partial charge in [-0.05, 0) is 43.5 Å². The van der Waals surface area contributed by atoms with Crippen LogP contribution in [0, 0.1) is 6.92 Å². The summed E-state index contributed by atoms with van der Waals surface area (Å²) < 4.78 is 11.4. The number of carbonyl (C=O) groups is 1. The second-order valence-corrected chi connectivity index (χ2v) is 7.15. The zero-order chi connectivity index (χ0) is 18.8. The maximum atomic E-state index is 12.3. The SMILES string of the molecule is Cc1ccccc1OCC1CN([C@@H](C)Cc2c[nH]c3ccccc23)C(=O)O1. The number of hydrogen-bond acceptors (Lipinski definition) is 3. The maximum absolute atomic E-state index is 12.3. The summed E-state index contributed by atoms with van der Waals surface area (Å²) in [5.74, 6) is 0.832. The molecule has 2 aromatic carbocycles. The summed E-state index contributed by atoms with van der Waals surface area (Å²) in [7, 11) is 0. The largest absolute Gasteiger partial charge is 0.489 e. The van der Waals surface area contributed by atoms with E-state index in [1.54, 1.807) is 4.90 Å². The van der Waals surface area contributed by atoms with Crippen molar-refractivity contribution in [2.75, 3.05) is 13.2 Å². The highest BCUT2D eigenvalue weighted by molar-refractivity contribution is 5.83. The minimum Gasteiger partial charge on any atom is -0.489 e. The van der Waals surface area contributed by atoms with E-state index in [-0.39, 0.29) is 18.2 Å². The van der Waals surface area contributed by atoms with E-state index in [2.05, 4.69) is 24.0 Å². The third-order valence-corrected chi connectivity index (χ3v) is 5.14. The Hall–Kier alpha value is -2.95. The lowest BCUT2D eigenvalue weighted by atomic mass is 10.1. The van der Waals surface area contributed by atoms with E-state index in [1.165, 1.54) is 10.9 Å². The molecule has 5 heteroatoms. The lowest BCUT2D eigenvalue weighted by Gasteiger charge is -2.21. The van der Waals surface area contributed by atoms with Crippen molar-refractivity contribution in [3.05, 3.63) is 65.9 Å². The highest BCUT2D eigenvalue weighted by Crippen LogP contribution is 2.24. The van der Waals surface area contributed by atoms with Crippen molar-refractivity contribution in [1.29, 1.82) is 0 Å². The van der Waals surface area contributed by atoms with E-state index in [1.807, 2.05) is 49.5 Å². The topological polar surface area (TPSA) is 54.6 Å². The Balaban J connectivity index is 1.38. The molecule has 3 aromatic rings. The zero-order valence-corrected chi connectivity index (χ0v) is 15.6. The number of aromatic amines is 1. The fraction of sp³-hybridized carbons (Fsp3) is 0.318. The molecule has 1 aliphatic heterocycles. The number of H-pyrrole nitrogens is 1. The Morgan fingerprint density at radius 3 is 2.85 bits per heavy atom. The summed E-state index contributed by atoms with van der Waals surface area (Å²) in [6.07, 6.45) is 2.30. The number of aromatic nitrogens is 1. The average Bonchev–Trinajstić information content (AvgIpc) is 3.25. The first-order valence-electron chi connectivity index (χ1n) is 9.32. The predicted molar refractivity (Wildman–Crippen MR) is 105 cm³/mol. The number of rotatable bonds is 6. The van der Waals surface area contributed by atoms with Crippen LogP contribution in [0.15, 0.2) is 54.7 Å². The van der Waals surface area contributed by atoms with Crippen molar-refractivity contribution in [3.8, 4) is 5.75 Å². The molecule has 1 N–H and O–H groups in total. The van der Waals surface area contributed by atoms with Crippen LogP contribution in [0.4, 0.5) is 4.79 Å². The van der Waals surface area contributed by atoms with Crippen LogP contribution >= 0.6 is 0 Å². The minimum atomic E-state index is -0.263. The molecule has 1 saturated heterocycles. The molecule has 140 valence electrons. The zero-order valence-electron chi connectivity index (χ0n) is 15.6. The molecule has 1 fully saturated rings. The van der Waals surface area contributed by atoms with Crippen LogP contribution in [0.5, 0.6) is 5.75 Å². The Morgan fingerprint density at radius 2 is 2.00 bits per heavy atom. The number of amides is 1. The second-order valence-electron chi connectivity index (χ2n) is 7.15. The molecule has 0 spiro atoms. The fourth-order valence-corrected chi connectivity index (χ4v) is 3.62. The van der Waals surface area contributed by atoms with Crippen LogP contribution < -0.4 is 4.74 Å². The fourth-order valence-electron chi connectivity index (χ4n) is 3.62. The first-order valence-corrected chi connectivity index (χ1v) is 9.32. The average molecular weight is 364 g/mol. The van der Waals surface area contributed by atoms with Gasteiger partial charge in [-0.3, -0.25) is 0 Å². The van der Waals surface area contributed by atoms with Gasteiger partial charge in [-0.25, -0.2) is 4.79 Å². The predicted octanol–water partition coefficient (Wildman–Crippen LogP) is 4.31. The van der Waals surface area contributed by atoms with E-state index in [4.69, 9.17) is 9.47 Å². The number of nitrogens with one attached hydrogen (secondary N) is 1. The van der Waals surface area contributed by atoms with Crippen molar-refractivity contribution in [3.63, 3.8) is 0 Å². The standard InChI is InChI=1S/C22H24N2O3/c1-15-7-3-6-10-21(15)26-14-18-13-24(22(25)27-18)16(2)11-17-12-23-20-9-5-4-8-19(17)20/h3-10,12,16,18,23H,11,13-14H2,1-2H3/t16-,18?/m0/s1. The van der Waals surface area contributed by atoms with Gasteiger partial charge in [0.15, 0.2) is 6.10 Å². The van der Waals surface area contributed by atoms with E-state index in [9.17, 15) is 4.79 Å². The lowest BCUT2D eigenvalue weighted by Crippen LogP contribution is -2.36. The van der Waals surface area contributed by atoms with E-state index < -0.39 is 0 Å². The Bertz CT molecular complexity index is 949. The number of cyclic esters (lactones) is 1. The summed E-state index contributed by atoms with van der Waals surface area (Å²) in [6, 6.07) is 16.1. The number of hydrogen-bond donors (Lipinski definition) is 1. The smallest absolute Gasteiger partial charge is 0.410 e. The molecular formula is C22H24N2O3. The van der Waals surface area contributed by atoms with Gasteiger partial charge in [-0.15, -0.1) is 0 Å². The summed E-state index contributed by atoms with van der Waals surface area (Å²) in [5, 5.41) is 1.20. The minimum absolute atomic E-state index is 0.0557. The van der Waals surface area contributed by atoms with Gasteiger partial charge in [0, 0.05) is 23.1 Å². The van der Waals surface area contributed by atoms with Gasteiger partial charge in [0.25, 0.3) is 0 Å². The van der Waals surface area contributed by atoms with Crippen molar-refractivity contribution in [2.45, 2.75) is 32.4 Å². The maximum Gasteiger partial charge on any atom is 0.410 e. The summed E-state index contributed by atoms with van der Waals surface area (Å²) in [4.78, 5) is 17.4. The Morgan fingerprint density at radius 1 is 1.22 bits per heavy atom. The van der Waals surface area contributed by atoms with Crippen molar-refractivity contribution >= 4 is 17.0 Å². The number of carbonyl (C=O) groups excluding carboxylic acids is 1. The van der Waals surface area contributed by atoms with Gasteiger partial charge >= 0.3 is 6.09 Å². The quantitative estimate of drug-likeness (QED) is 0.709. The Kier molecular flexibility index (Phi) is 4.75. The van der Waals surface area contributed by atoms with Crippen LogP contribution in [-0.4, -0.2) is 41.3 Å². The van der Waals surface area contributed by atoms with Gasteiger partial charge < -0.3 is 19.4 Å². The van der Waals surface area contributed by atoms with E-state index in [0.29, 0.717) is 13.2 Å². The van der Waals surface area contributed by atoms with Gasteiger partial charge in [-0.1, -0.05) is 36.4 Å². The molecule has 5 nitrogen and oxygen atoms in total. The highest BCUT2D eigenvalue weighted by atomic mass is 16.6. The van der Waals surface area contributed by atoms with Crippen molar-refractivity contribution in [2.24, 2.45) is 0 Å². The molecule has 2 heterocycles. The van der Waals surface area contributed by atoms with Crippen LogP contribution in [0.1, 0.15) is 18.1 Å². The normalized spacial score (nSPS) is 17.9. The number of fused-ring (bicyclic) bond motifs is 1. The molecule has 1 aliphatic rings. The van der Waals surface area contributed by atoms with Gasteiger partial charge in [0.2, 0.25) is 0 Å². The summed E-state index contributed by atoms with van der Waals surface area (Å²) >= 11 is 0. The molecule has 1 amide bonds. The number of ether oxygens (including phenoxy) is 2. The third-order valence-electron chi connectivity index (χ3n) is 5.14. The van der Waals surface area contributed by atoms with Crippen LogP contribution in [0.2, 0.25) is 0 Å². The first-order chi connectivity index (χ1) is 13.1. The number of aryl methyl sites for hydroxylation is 1. The molecule has 2 atom stereocenters. The van der Waals surface area contributed by atoms with Crippen LogP contribution in [0.25, 0.3) is 10.9 Å². The molecule has 0 radical (unpaired) electrons. The number of benzene rings is 2. The van der Waals surface area contributed by atoms with Crippen molar-refractivity contribution < 1.29 is 14.3 Å². The van der Waals surface area contributed by atoms with Gasteiger partial charge in [0.05, 0.1) is 6.54 Å². The molecule has 0 aliphatic carbocycles. The van der Waals surface area contributed by atoms with Gasteiger partial charge in [0.1, 0.15) is 12.4 Å². The number of para-hydroxylation sites is 2. The third kappa shape index (κ3) is 3.63. The van der Waals surface area contributed by atoms with Gasteiger partial charge in [-0.2, -0.15) is 0 Å². The Labute approximate surface area is 158 Å². The second kappa shape index (κ2) is 7.35. The molecule has 0 bridgehead atoms. The van der Waals surface area contributed by atoms with E-state index >= 15 is 0 Å². The van der Waals surface area contributed by atoms with Crippen LogP contribution in [0.3, 0.4) is 0 Å². The molecule has 0 saturated carbocycles. The molecular weight excluding hydrogens is 340 g/mol. The first kappa shape index (κ1) is 17.5. The van der Waals surface area contributed by atoms with Crippen molar-refractivity contribution in [1.82, 2.24) is 9.88 Å². The molecule has 27 heavy (non-hydrogen) atoms. The molecule has 1 aromatic heterocycles. The number of nitrogens with zero attached hydrogens (tertiary/aromatic N) is 1. The van der Waals surface area contributed by atoms with Crippen LogP contribution in [-0.2, 0) is 11.2 Å². The lowest BCUT2D eigenvalue weighted by molar-refractivity contribution is 0.101. The van der Waals surface area contributed by atoms with E-state index in [0.717, 1.165) is 23.3 Å². The summed E-state index contributed by atoms with van der Waals surface area (Å²) in [5.41, 5.74) is 3.41. The summed E-state index contributed by atoms with van der Waals surface area (Å²) in [6.45, 7) is 4.99.